The average molecular weight is 901 g/mol. The Morgan fingerprint density at radius 1 is 0.429 bits per heavy atom. The van der Waals surface area contributed by atoms with Gasteiger partial charge in [-0.05, 0) is 168 Å². The Morgan fingerprint density at radius 3 is 1.83 bits per heavy atom. The van der Waals surface area contributed by atoms with Crippen molar-refractivity contribution in [1.29, 1.82) is 0 Å². The first-order valence-electron chi connectivity index (χ1n) is 24.6. The van der Waals surface area contributed by atoms with Crippen LogP contribution in [0.4, 0.5) is 28.4 Å². The van der Waals surface area contributed by atoms with Gasteiger partial charge in [0.1, 0.15) is 11.2 Å². The summed E-state index contributed by atoms with van der Waals surface area (Å²) < 4.78 is 6.84. The summed E-state index contributed by atoms with van der Waals surface area (Å²) in [5.41, 5.74) is 19.0. The number of furan rings is 1. The lowest BCUT2D eigenvalue weighted by Crippen LogP contribution is -2.37. The van der Waals surface area contributed by atoms with Crippen LogP contribution in [0.1, 0.15) is 43.9 Å². The van der Waals surface area contributed by atoms with E-state index in [1.54, 1.807) is 0 Å². The van der Waals surface area contributed by atoms with E-state index in [9.17, 15) is 0 Å². The first kappa shape index (κ1) is 41.8. The van der Waals surface area contributed by atoms with Gasteiger partial charge in [0, 0.05) is 45.3 Å². The van der Waals surface area contributed by atoms with Crippen LogP contribution in [0, 0.1) is 0 Å². The van der Waals surface area contributed by atoms with Gasteiger partial charge in [-0.3, -0.25) is 0 Å². The number of hydrogen-bond acceptors (Lipinski definition) is 3. The molecule has 11 aromatic rings. The standard InChI is InChI=1S/C67H52N2O/c1-67(2,3)54-21-13-23-57(42-54)69(56-22-12-20-49(36-56)45-16-8-5-9-17-45)59-30-32-61-53(38-59)35-52-34-50-40-64-62-33-31-60(43-66(62)70-65(64)41-51(50)39-63(52)61)68(58-29-26-46-18-10-11-19-48(46)37-58)55-27-24-47(25-28-55)44-14-6-4-7-15-44/h4-28,30-34,36-43,58H,29,35H2,1-3H3. The second-order valence-corrected chi connectivity index (χ2v) is 20.1. The lowest BCUT2D eigenvalue weighted by atomic mass is 9.87. The summed E-state index contributed by atoms with van der Waals surface area (Å²) in [6, 6.07) is 80.4. The topological polar surface area (TPSA) is 19.6 Å². The number of nitrogens with zero attached hydrogens (tertiary/aromatic N) is 2. The van der Waals surface area contributed by atoms with Crippen LogP contribution in [0.25, 0.3) is 78.2 Å². The molecule has 3 nitrogen and oxygen atoms in total. The van der Waals surface area contributed by atoms with Crippen LogP contribution < -0.4 is 20.2 Å². The fourth-order valence-electron chi connectivity index (χ4n) is 11.0. The van der Waals surface area contributed by atoms with Gasteiger partial charge in [0.15, 0.2) is 0 Å². The molecule has 2 aliphatic carbocycles. The predicted octanol–water partition coefficient (Wildman–Crippen LogP) is 16.6. The van der Waals surface area contributed by atoms with Crippen LogP contribution >= 0.6 is 0 Å². The lowest BCUT2D eigenvalue weighted by molar-refractivity contribution is 0.590. The van der Waals surface area contributed by atoms with Gasteiger partial charge in [0.25, 0.3) is 0 Å². The van der Waals surface area contributed by atoms with E-state index in [2.05, 4.69) is 261 Å². The van der Waals surface area contributed by atoms with Crippen molar-refractivity contribution in [3.05, 3.63) is 246 Å². The number of fused-ring (bicyclic) bond motifs is 8. The molecule has 3 heteroatoms. The number of benzene rings is 10. The molecular formula is C67H52N2O. The maximum Gasteiger partial charge on any atom is 0.137 e. The first-order valence-corrected chi connectivity index (χ1v) is 24.6. The molecule has 1 atom stereocenters. The van der Waals surface area contributed by atoms with E-state index in [4.69, 9.17) is 4.42 Å². The smallest absolute Gasteiger partial charge is 0.137 e. The third kappa shape index (κ3) is 7.46. The lowest BCUT2D eigenvalue weighted by Gasteiger charge is -2.33. The van der Waals surface area contributed by atoms with Crippen LogP contribution in [0.5, 0.6) is 0 Å². The fraction of sp³-hybridized carbons (Fsp3) is 0.104. The molecule has 1 heterocycles. The zero-order valence-corrected chi connectivity index (χ0v) is 39.7. The van der Waals surface area contributed by atoms with E-state index in [0.717, 1.165) is 63.2 Å². The molecule has 13 rings (SSSR count). The summed E-state index contributed by atoms with van der Waals surface area (Å²) in [5, 5.41) is 7.25. The minimum atomic E-state index is 0.0175. The number of hydrogen-bond donors (Lipinski definition) is 0. The molecule has 0 spiro atoms. The molecule has 1 aromatic heterocycles. The van der Waals surface area contributed by atoms with Crippen molar-refractivity contribution in [3.8, 4) is 33.4 Å². The molecule has 10 aromatic carbocycles. The van der Waals surface area contributed by atoms with Crippen molar-refractivity contribution in [2.75, 3.05) is 9.80 Å². The molecule has 0 saturated carbocycles. The molecule has 70 heavy (non-hydrogen) atoms. The average Bonchev–Trinajstić information content (AvgIpc) is 3.94. The van der Waals surface area contributed by atoms with E-state index in [0.29, 0.717) is 0 Å². The summed E-state index contributed by atoms with van der Waals surface area (Å²) in [5.74, 6) is 0. The molecule has 0 saturated heterocycles. The highest BCUT2D eigenvalue weighted by Crippen LogP contribution is 2.46. The third-order valence-electron chi connectivity index (χ3n) is 14.6. The van der Waals surface area contributed by atoms with Crippen molar-refractivity contribution in [1.82, 2.24) is 0 Å². The van der Waals surface area contributed by atoms with Crippen LogP contribution in [0.2, 0.25) is 0 Å². The van der Waals surface area contributed by atoms with Crippen LogP contribution in [0.3, 0.4) is 0 Å². The van der Waals surface area contributed by atoms with E-state index in [1.165, 1.54) is 71.3 Å². The zero-order chi connectivity index (χ0) is 46.9. The molecule has 2 aliphatic rings. The zero-order valence-electron chi connectivity index (χ0n) is 39.7. The van der Waals surface area contributed by atoms with Gasteiger partial charge in [-0.25, -0.2) is 0 Å². The van der Waals surface area contributed by atoms with Gasteiger partial charge in [-0.2, -0.15) is 0 Å². The maximum atomic E-state index is 6.84. The molecule has 0 fully saturated rings. The molecule has 336 valence electrons. The normalized spacial score (nSPS) is 13.9. The summed E-state index contributed by atoms with van der Waals surface area (Å²) in [6.07, 6.45) is 6.58. The molecular weight excluding hydrogens is 849 g/mol. The second kappa shape index (κ2) is 16.7. The third-order valence-corrected chi connectivity index (χ3v) is 14.6. The fourth-order valence-corrected chi connectivity index (χ4v) is 11.0. The minimum absolute atomic E-state index is 0.0175. The molecule has 0 N–H and O–H groups in total. The molecule has 0 amide bonds. The van der Waals surface area contributed by atoms with Gasteiger partial charge >= 0.3 is 0 Å². The summed E-state index contributed by atoms with van der Waals surface area (Å²) >= 11 is 0. The van der Waals surface area contributed by atoms with Crippen molar-refractivity contribution in [3.63, 3.8) is 0 Å². The molecule has 0 bridgehead atoms. The highest BCUT2D eigenvalue weighted by molar-refractivity contribution is 6.11. The highest BCUT2D eigenvalue weighted by atomic mass is 16.3. The van der Waals surface area contributed by atoms with Crippen LogP contribution in [-0.2, 0) is 11.8 Å². The molecule has 0 aliphatic heterocycles. The minimum Gasteiger partial charge on any atom is -0.456 e. The Bertz CT molecular complexity index is 3940. The molecule has 0 radical (unpaired) electrons. The van der Waals surface area contributed by atoms with Gasteiger partial charge in [-0.1, -0.05) is 166 Å². The number of anilines is 5. The first-order chi connectivity index (χ1) is 34.3. The Kier molecular flexibility index (Phi) is 9.95. The summed E-state index contributed by atoms with van der Waals surface area (Å²) in [4.78, 5) is 4.90. The van der Waals surface area contributed by atoms with Crippen molar-refractivity contribution in [2.45, 2.75) is 45.1 Å². The van der Waals surface area contributed by atoms with Gasteiger partial charge in [-0.15, -0.1) is 0 Å². The molecule has 1 unspecified atom stereocenters. The van der Waals surface area contributed by atoms with Crippen molar-refractivity contribution >= 4 is 73.3 Å². The quantitative estimate of drug-likeness (QED) is 0.151. The number of rotatable bonds is 8. The Balaban J connectivity index is 0.864. The van der Waals surface area contributed by atoms with Crippen molar-refractivity contribution in [2.24, 2.45) is 0 Å². The van der Waals surface area contributed by atoms with E-state index < -0.39 is 0 Å². The van der Waals surface area contributed by atoms with E-state index >= 15 is 0 Å². The summed E-state index contributed by atoms with van der Waals surface area (Å²) in [7, 11) is 0. The Labute approximate surface area is 409 Å². The van der Waals surface area contributed by atoms with Gasteiger partial charge in [0.05, 0.1) is 6.04 Å². The Morgan fingerprint density at radius 2 is 1.04 bits per heavy atom. The van der Waals surface area contributed by atoms with E-state index in [1.807, 2.05) is 0 Å². The predicted molar refractivity (Wildman–Crippen MR) is 295 cm³/mol. The monoisotopic (exact) mass is 900 g/mol. The van der Waals surface area contributed by atoms with Crippen molar-refractivity contribution < 1.29 is 4.42 Å². The van der Waals surface area contributed by atoms with Gasteiger partial charge < -0.3 is 14.2 Å². The van der Waals surface area contributed by atoms with Crippen LogP contribution in [-0.4, -0.2) is 6.04 Å². The second-order valence-electron chi connectivity index (χ2n) is 20.1. The summed E-state index contributed by atoms with van der Waals surface area (Å²) in [6.45, 7) is 6.86. The Hall–Kier alpha value is -8.40. The van der Waals surface area contributed by atoms with Crippen LogP contribution in [0.15, 0.2) is 223 Å². The van der Waals surface area contributed by atoms with Gasteiger partial charge in [0.2, 0.25) is 0 Å². The maximum absolute atomic E-state index is 6.84. The SMILES string of the molecule is CC(C)(C)c1cccc(N(c2cccc(-c3ccccc3)c2)c2ccc3c(c2)Cc2cc4cc5c(cc4cc2-3)oc2cc(N(c3ccc(-c4ccccc4)cc3)C3C=c4ccccc4=CC3)ccc25)c1. The highest BCUT2D eigenvalue weighted by Gasteiger charge is 2.25. The largest absolute Gasteiger partial charge is 0.456 e. The van der Waals surface area contributed by atoms with E-state index in [-0.39, 0.29) is 11.5 Å².